The van der Waals surface area contributed by atoms with Crippen molar-refractivity contribution < 1.29 is 9.84 Å². The van der Waals surface area contributed by atoms with Gasteiger partial charge >= 0.3 is 0 Å². The van der Waals surface area contributed by atoms with Crippen molar-refractivity contribution in [3.05, 3.63) is 12.2 Å². The van der Waals surface area contributed by atoms with E-state index in [1.165, 1.54) is 0 Å². The van der Waals surface area contributed by atoms with E-state index in [0.29, 0.717) is 0 Å². The Hall–Kier alpha value is -0.380. The molecule has 0 aromatic rings. The van der Waals surface area contributed by atoms with Crippen LogP contribution in [0.3, 0.4) is 0 Å². The summed E-state index contributed by atoms with van der Waals surface area (Å²) in [5.74, 6) is 0. The molecule has 1 rings (SSSR count). The van der Waals surface area contributed by atoms with Crippen LogP contribution >= 0.6 is 0 Å². The van der Waals surface area contributed by atoms with E-state index in [9.17, 15) is 0 Å². The summed E-state index contributed by atoms with van der Waals surface area (Å²) < 4.78 is 5.53. The van der Waals surface area contributed by atoms with E-state index in [-0.39, 0.29) is 18.8 Å². The van der Waals surface area contributed by atoms with Gasteiger partial charge in [0, 0.05) is 19.6 Å². The fourth-order valence-electron chi connectivity index (χ4n) is 1.75. The van der Waals surface area contributed by atoms with Gasteiger partial charge in [-0.05, 0) is 13.8 Å². The average Bonchev–Trinajstić information content (AvgIpc) is 2.01. The Morgan fingerprint density at radius 3 is 2.85 bits per heavy atom. The SMILES string of the molecule is C=C(C)CN1CC(C)OC(CO)C1. The van der Waals surface area contributed by atoms with Crippen LogP contribution in [-0.2, 0) is 4.74 Å². The van der Waals surface area contributed by atoms with Crippen molar-refractivity contribution in [2.45, 2.75) is 26.1 Å². The predicted molar refractivity (Wildman–Crippen MR) is 52.7 cm³/mol. The molecule has 1 fully saturated rings. The summed E-state index contributed by atoms with van der Waals surface area (Å²) in [5, 5.41) is 8.99. The topological polar surface area (TPSA) is 32.7 Å². The number of ether oxygens (including phenoxy) is 1. The summed E-state index contributed by atoms with van der Waals surface area (Å²) in [4.78, 5) is 2.28. The number of rotatable bonds is 3. The van der Waals surface area contributed by atoms with Crippen LogP contribution in [0.1, 0.15) is 13.8 Å². The third-order valence-electron chi connectivity index (χ3n) is 2.10. The van der Waals surface area contributed by atoms with Gasteiger partial charge in [0.1, 0.15) is 0 Å². The van der Waals surface area contributed by atoms with Gasteiger partial charge in [-0.3, -0.25) is 4.90 Å². The lowest BCUT2D eigenvalue weighted by Crippen LogP contribution is -2.48. The van der Waals surface area contributed by atoms with Crippen LogP contribution in [0.25, 0.3) is 0 Å². The zero-order valence-electron chi connectivity index (χ0n) is 8.49. The van der Waals surface area contributed by atoms with Crippen LogP contribution in [0.2, 0.25) is 0 Å². The van der Waals surface area contributed by atoms with Crippen LogP contribution in [-0.4, -0.2) is 48.5 Å². The molecule has 0 aliphatic carbocycles. The predicted octanol–water partition coefficient (Wildman–Crippen LogP) is 0.644. The van der Waals surface area contributed by atoms with Gasteiger partial charge in [-0.25, -0.2) is 0 Å². The summed E-state index contributed by atoms with van der Waals surface area (Å²) in [7, 11) is 0. The van der Waals surface area contributed by atoms with E-state index in [4.69, 9.17) is 9.84 Å². The second kappa shape index (κ2) is 4.74. The normalized spacial score (nSPS) is 30.4. The monoisotopic (exact) mass is 185 g/mol. The summed E-state index contributed by atoms with van der Waals surface area (Å²) in [6.45, 7) is 10.7. The van der Waals surface area contributed by atoms with E-state index in [0.717, 1.165) is 25.2 Å². The molecule has 1 aliphatic rings. The van der Waals surface area contributed by atoms with Gasteiger partial charge in [-0.15, -0.1) is 0 Å². The lowest BCUT2D eigenvalue weighted by atomic mass is 10.2. The van der Waals surface area contributed by atoms with Crippen LogP contribution in [0.15, 0.2) is 12.2 Å². The van der Waals surface area contributed by atoms with Gasteiger partial charge in [0.2, 0.25) is 0 Å². The third kappa shape index (κ3) is 3.46. The second-order valence-electron chi connectivity index (χ2n) is 3.90. The third-order valence-corrected chi connectivity index (χ3v) is 2.10. The molecule has 0 bridgehead atoms. The molecule has 0 amide bonds. The molecule has 1 saturated heterocycles. The molecule has 0 radical (unpaired) electrons. The Morgan fingerprint density at radius 2 is 2.31 bits per heavy atom. The van der Waals surface area contributed by atoms with Crippen LogP contribution in [0.5, 0.6) is 0 Å². The Morgan fingerprint density at radius 1 is 1.62 bits per heavy atom. The van der Waals surface area contributed by atoms with Crippen LogP contribution in [0, 0.1) is 0 Å². The molecule has 0 aromatic heterocycles. The molecule has 76 valence electrons. The van der Waals surface area contributed by atoms with E-state index in [2.05, 4.69) is 11.5 Å². The van der Waals surface area contributed by atoms with Crippen molar-refractivity contribution in [2.75, 3.05) is 26.2 Å². The molecule has 2 unspecified atom stereocenters. The van der Waals surface area contributed by atoms with Crippen molar-refractivity contribution in [2.24, 2.45) is 0 Å². The summed E-state index contributed by atoms with van der Waals surface area (Å²) in [5.41, 5.74) is 1.16. The van der Waals surface area contributed by atoms with Gasteiger partial charge in [-0.2, -0.15) is 0 Å². The first-order valence-electron chi connectivity index (χ1n) is 4.75. The highest BCUT2D eigenvalue weighted by molar-refractivity contribution is 4.93. The Kier molecular flexibility index (Phi) is 3.90. The highest BCUT2D eigenvalue weighted by Gasteiger charge is 2.24. The Balaban J connectivity index is 2.42. The molecule has 13 heavy (non-hydrogen) atoms. The fraction of sp³-hybridized carbons (Fsp3) is 0.800. The van der Waals surface area contributed by atoms with Crippen molar-refractivity contribution in [3.63, 3.8) is 0 Å². The molecule has 1 aliphatic heterocycles. The van der Waals surface area contributed by atoms with E-state index in [1.807, 2.05) is 13.8 Å². The first-order chi connectivity index (χ1) is 6.11. The molecule has 0 saturated carbocycles. The number of nitrogens with zero attached hydrogens (tertiary/aromatic N) is 1. The largest absolute Gasteiger partial charge is 0.394 e. The number of hydrogen-bond acceptors (Lipinski definition) is 3. The maximum absolute atomic E-state index is 8.99. The summed E-state index contributed by atoms with van der Waals surface area (Å²) in [6.07, 6.45) is 0.188. The lowest BCUT2D eigenvalue weighted by Gasteiger charge is -2.36. The first-order valence-corrected chi connectivity index (χ1v) is 4.75. The van der Waals surface area contributed by atoms with Crippen molar-refractivity contribution in [1.82, 2.24) is 4.90 Å². The minimum Gasteiger partial charge on any atom is -0.394 e. The Bertz CT molecular complexity index is 182. The van der Waals surface area contributed by atoms with Crippen molar-refractivity contribution in [1.29, 1.82) is 0 Å². The molecule has 3 heteroatoms. The smallest absolute Gasteiger partial charge is 0.0936 e. The van der Waals surface area contributed by atoms with Gasteiger partial charge in [-0.1, -0.05) is 12.2 Å². The number of morpholine rings is 1. The Labute approximate surface area is 80.0 Å². The maximum Gasteiger partial charge on any atom is 0.0936 e. The lowest BCUT2D eigenvalue weighted by molar-refractivity contribution is -0.0928. The van der Waals surface area contributed by atoms with E-state index in [1.54, 1.807) is 0 Å². The molecular weight excluding hydrogens is 166 g/mol. The standard InChI is InChI=1S/C10H19NO2/c1-8(2)4-11-5-9(3)13-10(6-11)7-12/h9-10,12H,1,4-7H2,2-3H3. The van der Waals surface area contributed by atoms with Crippen molar-refractivity contribution in [3.8, 4) is 0 Å². The second-order valence-corrected chi connectivity index (χ2v) is 3.90. The van der Waals surface area contributed by atoms with Gasteiger partial charge in [0.15, 0.2) is 0 Å². The zero-order chi connectivity index (χ0) is 9.84. The quantitative estimate of drug-likeness (QED) is 0.655. The van der Waals surface area contributed by atoms with Crippen LogP contribution < -0.4 is 0 Å². The molecular formula is C10H19NO2. The summed E-state index contributed by atoms with van der Waals surface area (Å²) in [6, 6.07) is 0. The van der Waals surface area contributed by atoms with Gasteiger partial charge in [0.25, 0.3) is 0 Å². The molecule has 1 heterocycles. The molecule has 2 atom stereocenters. The highest BCUT2D eigenvalue weighted by Crippen LogP contribution is 2.11. The minimum atomic E-state index is -0.0249. The van der Waals surface area contributed by atoms with E-state index < -0.39 is 0 Å². The van der Waals surface area contributed by atoms with Gasteiger partial charge < -0.3 is 9.84 Å². The fourth-order valence-corrected chi connectivity index (χ4v) is 1.75. The average molecular weight is 185 g/mol. The van der Waals surface area contributed by atoms with E-state index >= 15 is 0 Å². The highest BCUT2D eigenvalue weighted by atomic mass is 16.5. The molecule has 3 nitrogen and oxygen atoms in total. The molecule has 1 N–H and O–H groups in total. The molecule has 0 aromatic carbocycles. The van der Waals surface area contributed by atoms with Crippen LogP contribution in [0.4, 0.5) is 0 Å². The number of hydrogen-bond donors (Lipinski definition) is 1. The van der Waals surface area contributed by atoms with Gasteiger partial charge in [0.05, 0.1) is 18.8 Å². The molecule has 0 spiro atoms. The number of aliphatic hydroxyl groups excluding tert-OH is 1. The minimum absolute atomic E-state index is 0.0249. The first kappa shape index (κ1) is 10.7. The summed E-state index contributed by atoms with van der Waals surface area (Å²) >= 11 is 0. The number of aliphatic hydroxyl groups is 1. The maximum atomic E-state index is 8.99. The zero-order valence-corrected chi connectivity index (χ0v) is 8.49. The van der Waals surface area contributed by atoms with Crippen molar-refractivity contribution >= 4 is 0 Å².